The lowest BCUT2D eigenvalue weighted by Gasteiger charge is -2.38. The number of amides is 1. The summed E-state index contributed by atoms with van der Waals surface area (Å²) in [6.45, 7) is 1.68. The Kier molecular flexibility index (Phi) is 5.42. The molecule has 146 valence electrons. The van der Waals surface area contributed by atoms with Gasteiger partial charge in [0, 0.05) is 37.1 Å². The largest absolute Gasteiger partial charge is 0.351 e. The van der Waals surface area contributed by atoms with E-state index in [1.54, 1.807) is 25.9 Å². The molecular weight excluding hydrogens is 387 g/mol. The molecule has 2 aromatic carbocycles. The van der Waals surface area contributed by atoms with E-state index >= 15 is 0 Å². The maximum absolute atomic E-state index is 14.5. The van der Waals surface area contributed by atoms with Gasteiger partial charge in [0.05, 0.1) is 11.6 Å². The average molecular weight is 405 g/mol. The molecule has 3 rings (SSSR count). The second-order valence-electron chi connectivity index (χ2n) is 6.56. The normalized spacial score (nSPS) is 16.9. The zero-order chi connectivity index (χ0) is 20.6. The summed E-state index contributed by atoms with van der Waals surface area (Å²) in [5, 5.41) is 3.18. The van der Waals surface area contributed by atoms with Crippen molar-refractivity contribution < 1.29 is 18.0 Å². The van der Waals surface area contributed by atoms with Gasteiger partial charge in [-0.3, -0.25) is 9.69 Å². The highest BCUT2D eigenvalue weighted by Gasteiger charge is 2.36. The molecule has 1 N–H and O–H groups in total. The van der Waals surface area contributed by atoms with Crippen LogP contribution in [0.25, 0.3) is 0 Å². The van der Waals surface area contributed by atoms with Crippen LogP contribution in [0.1, 0.15) is 18.5 Å². The van der Waals surface area contributed by atoms with Crippen LogP contribution in [0, 0.1) is 17.5 Å². The van der Waals surface area contributed by atoms with Crippen molar-refractivity contribution in [1.29, 1.82) is 0 Å². The Labute approximate surface area is 166 Å². The second kappa shape index (κ2) is 7.63. The number of nitrogens with one attached hydrogen (secondary N) is 1. The zero-order valence-corrected chi connectivity index (χ0v) is 16.3. The summed E-state index contributed by atoms with van der Waals surface area (Å²) < 4.78 is 41.1. The van der Waals surface area contributed by atoms with Crippen molar-refractivity contribution >= 4 is 28.9 Å². The van der Waals surface area contributed by atoms with Gasteiger partial charge in [0.2, 0.25) is 0 Å². The standard InChI is InChI=1S/C20H18F3N3OS/c1-11-17(19(27)25(2)3)18(15-9-6-13(22)10-16(15)23)24-20(28)26(11)14-7-4-12(21)5-8-14/h4-10,18H,1-3H3,(H,24,28)/t18-/m1/s1. The summed E-state index contributed by atoms with van der Waals surface area (Å²) in [4.78, 5) is 15.9. The lowest BCUT2D eigenvalue weighted by atomic mass is 9.93. The third-order valence-corrected chi connectivity index (χ3v) is 4.78. The molecule has 0 unspecified atom stereocenters. The SMILES string of the molecule is CC1=C(C(=O)N(C)C)[C@@H](c2ccc(F)cc2F)NC(=S)N1c1ccc(F)cc1. The molecule has 0 radical (unpaired) electrons. The van der Waals surface area contributed by atoms with Crippen LogP contribution in [0.15, 0.2) is 53.7 Å². The van der Waals surface area contributed by atoms with Crippen molar-refractivity contribution in [2.45, 2.75) is 13.0 Å². The van der Waals surface area contributed by atoms with Gasteiger partial charge in [-0.25, -0.2) is 13.2 Å². The molecule has 0 bridgehead atoms. The molecule has 0 saturated carbocycles. The molecule has 1 aliphatic rings. The number of benzene rings is 2. The van der Waals surface area contributed by atoms with Crippen LogP contribution in [0.4, 0.5) is 18.9 Å². The molecule has 0 spiro atoms. The van der Waals surface area contributed by atoms with E-state index in [4.69, 9.17) is 12.2 Å². The molecule has 1 heterocycles. The molecule has 0 saturated heterocycles. The minimum absolute atomic E-state index is 0.104. The first-order chi connectivity index (χ1) is 13.2. The minimum Gasteiger partial charge on any atom is -0.351 e. The van der Waals surface area contributed by atoms with Gasteiger partial charge in [-0.1, -0.05) is 6.07 Å². The fourth-order valence-electron chi connectivity index (χ4n) is 3.13. The molecule has 0 fully saturated rings. The molecular formula is C20H18F3N3OS. The molecule has 0 aromatic heterocycles. The van der Waals surface area contributed by atoms with E-state index in [0.717, 1.165) is 12.1 Å². The Hall–Kier alpha value is -2.87. The van der Waals surface area contributed by atoms with Gasteiger partial charge in [-0.05, 0) is 49.5 Å². The number of hydrogen-bond donors (Lipinski definition) is 1. The number of carbonyl (C=O) groups is 1. The van der Waals surface area contributed by atoms with Crippen LogP contribution in [0.5, 0.6) is 0 Å². The van der Waals surface area contributed by atoms with E-state index in [0.29, 0.717) is 11.4 Å². The van der Waals surface area contributed by atoms with E-state index < -0.39 is 23.5 Å². The van der Waals surface area contributed by atoms with Gasteiger partial charge in [-0.2, -0.15) is 0 Å². The highest BCUT2D eigenvalue weighted by molar-refractivity contribution is 7.80. The van der Waals surface area contributed by atoms with E-state index in [1.807, 2.05) is 0 Å². The van der Waals surface area contributed by atoms with Crippen molar-refractivity contribution in [3.05, 3.63) is 76.7 Å². The van der Waals surface area contributed by atoms with Crippen LogP contribution in [-0.2, 0) is 4.79 Å². The van der Waals surface area contributed by atoms with Crippen LogP contribution in [-0.4, -0.2) is 30.0 Å². The number of anilines is 1. The number of hydrogen-bond acceptors (Lipinski definition) is 2. The number of thiocarbonyl (C=S) groups is 1. The number of allylic oxidation sites excluding steroid dienone is 1. The molecule has 8 heteroatoms. The van der Waals surface area contributed by atoms with Crippen molar-refractivity contribution in [2.24, 2.45) is 0 Å². The zero-order valence-electron chi connectivity index (χ0n) is 15.5. The molecule has 0 aliphatic carbocycles. The van der Waals surface area contributed by atoms with Gasteiger partial charge >= 0.3 is 0 Å². The van der Waals surface area contributed by atoms with Crippen molar-refractivity contribution in [3.63, 3.8) is 0 Å². The topological polar surface area (TPSA) is 35.6 Å². The Morgan fingerprint density at radius 2 is 1.68 bits per heavy atom. The monoisotopic (exact) mass is 405 g/mol. The van der Waals surface area contributed by atoms with E-state index in [9.17, 15) is 18.0 Å². The van der Waals surface area contributed by atoms with Crippen LogP contribution >= 0.6 is 12.2 Å². The minimum atomic E-state index is -0.889. The highest BCUT2D eigenvalue weighted by Crippen LogP contribution is 2.35. The molecule has 1 amide bonds. The number of halogens is 3. The Bertz CT molecular complexity index is 973. The molecule has 1 atom stereocenters. The lowest BCUT2D eigenvalue weighted by molar-refractivity contribution is -0.125. The number of likely N-dealkylation sites (N-methyl/N-ethyl adjacent to an activating group) is 1. The predicted octanol–water partition coefficient (Wildman–Crippen LogP) is 3.90. The summed E-state index contributed by atoms with van der Waals surface area (Å²) in [5.74, 6) is -2.26. The average Bonchev–Trinajstić information content (AvgIpc) is 2.62. The van der Waals surface area contributed by atoms with Gasteiger partial charge in [0.25, 0.3) is 5.91 Å². The van der Waals surface area contributed by atoms with Crippen molar-refractivity contribution in [3.8, 4) is 0 Å². The van der Waals surface area contributed by atoms with Gasteiger partial charge in [0.15, 0.2) is 5.11 Å². The molecule has 1 aliphatic heterocycles. The smallest absolute Gasteiger partial charge is 0.253 e. The van der Waals surface area contributed by atoms with Gasteiger partial charge in [-0.15, -0.1) is 0 Å². The Morgan fingerprint density at radius 1 is 1.07 bits per heavy atom. The summed E-state index contributed by atoms with van der Waals surface area (Å²) in [6, 6.07) is 7.91. The number of nitrogens with zero attached hydrogens (tertiary/aromatic N) is 2. The summed E-state index contributed by atoms with van der Waals surface area (Å²) >= 11 is 5.44. The summed E-state index contributed by atoms with van der Waals surface area (Å²) in [7, 11) is 3.16. The lowest BCUT2D eigenvalue weighted by Crippen LogP contribution is -2.49. The first-order valence-electron chi connectivity index (χ1n) is 8.44. The maximum atomic E-state index is 14.5. The molecule has 4 nitrogen and oxygen atoms in total. The maximum Gasteiger partial charge on any atom is 0.253 e. The molecule has 28 heavy (non-hydrogen) atoms. The highest BCUT2D eigenvalue weighted by atomic mass is 32.1. The summed E-state index contributed by atoms with van der Waals surface area (Å²) in [5.41, 5.74) is 1.39. The van der Waals surface area contributed by atoms with Gasteiger partial charge < -0.3 is 10.2 Å². The van der Waals surface area contributed by atoms with Gasteiger partial charge in [0.1, 0.15) is 17.5 Å². The first kappa shape index (κ1) is 19.9. The number of carbonyl (C=O) groups excluding carboxylic acids is 1. The fourth-order valence-corrected chi connectivity index (χ4v) is 3.49. The Balaban J connectivity index is 2.18. The van der Waals surface area contributed by atoms with E-state index in [-0.39, 0.29) is 22.2 Å². The van der Waals surface area contributed by atoms with Crippen LogP contribution in [0.2, 0.25) is 0 Å². The third kappa shape index (κ3) is 3.60. The first-order valence-corrected chi connectivity index (χ1v) is 8.85. The predicted molar refractivity (Wildman–Crippen MR) is 105 cm³/mol. The van der Waals surface area contributed by atoms with E-state index in [2.05, 4.69) is 5.32 Å². The summed E-state index contributed by atoms with van der Waals surface area (Å²) in [6.07, 6.45) is 0. The fraction of sp³-hybridized carbons (Fsp3) is 0.200. The molecule has 2 aromatic rings. The third-order valence-electron chi connectivity index (χ3n) is 4.48. The number of rotatable bonds is 3. The van der Waals surface area contributed by atoms with Crippen molar-refractivity contribution in [1.82, 2.24) is 10.2 Å². The van der Waals surface area contributed by atoms with E-state index in [1.165, 1.54) is 35.2 Å². The van der Waals surface area contributed by atoms with Crippen LogP contribution in [0.3, 0.4) is 0 Å². The second-order valence-corrected chi connectivity index (χ2v) is 6.95. The van der Waals surface area contributed by atoms with Crippen molar-refractivity contribution in [2.75, 3.05) is 19.0 Å². The van der Waals surface area contributed by atoms with Crippen LogP contribution < -0.4 is 10.2 Å². The Morgan fingerprint density at radius 3 is 2.25 bits per heavy atom. The quantitative estimate of drug-likeness (QED) is 0.786.